The van der Waals surface area contributed by atoms with Gasteiger partial charge in [-0.3, -0.25) is 13.9 Å². The van der Waals surface area contributed by atoms with Gasteiger partial charge in [0.15, 0.2) is 0 Å². The van der Waals surface area contributed by atoms with Crippen LogP contribution in [0.25, 0.3) is 0 Å². The first-order valence-corrected chi connectivity index (χ1v) is 15.4. The molecule has 0 aliphatic carbocycles. The van der Waals surface area contributed by atoms with E-state index in [9.17, 15) is 18.0 Å². The Balaban J connectivity index is 1.46. The molecule has 0 unspecified atom stereocenters. The number of hydrogen-bond donors (Lipinski definition) is 2. The first-order chi connectivity index (χ1) is 20.9. The van der Waals surface area contributed by atoms with Crippen molar-refractivity contribution in [1.29, 1.82) is 0 Å². The molecule has 0 aromatic heterocycles. The van der Waals surface area contributed by atoms with Crippen molar-refractivity contribution in [1.82, 2.24) is 5.32 Å². The molecule has 2 amide bonds. The maximum absolute atomic E-state index is 14.1. The molecule has 1 atom stereocenters. The highest BCUT2D eigenvalue weighted by Gasteiger charge is 2.29. The van der Waals surface area contributed by atoms with E-state index in [-0.39, 0.29) is 34.7 Å². The van der Waals surface area contributed by atoms with Crippen LogP contribution in [0.2, 0.25) is 0 Å². The van der Waals surface area contributed by atoms with Gasteiger partial charge in [0, 0.05) is 13.2 Å². The summed E-state index contributed by atoms with van der Waals surface area (Å²) < 4.78 is 40.2. The number of benzene rings is 4. The van der Waals surface area contributed by atoms with E-state index in [1.54, 1.807) is 60.7 Å². The summed E-state index contributed by atoms with van der Waals surface area (Å²) >= 11 is 0. The minimum atomic E-state index is -4.12. The number of nitrogens with one attached hydrogen (secondary N) is 2. The molecule has 1 saturated heterocycles. The topological polar surface area (TPSA) is 114 Å². The molecule has 1 heterocycles. The average molecular weight is 600 g/mol. The van der Waals surface area contributed by atoms with Crippen LogP contribution in [0.5, 0.6) is 5.75 Å². The second-order valence-electron chi connectivity index (χ2n) is 10.0. The fourth-order valence-corrected chi connectivity index (χ4v) is 6.37. The van der Waals surface area contributed by atoms with Crippen LogP contribution in [-0.2, 0) is 21.3 Å². The van der Waals surface area contributed by atoms with Crippen LogP contribution in [0.4, 0.5) is 11.4 Å². The summed E-state index contributed by atoms with van der Waals surface area (Å²) in [5.74, 6) is -0.378. The van der Waals surface area contributed by atoms with E-state index in [2.05, 4.69) is 10.6 Å². The number of carbonyl (C=O) groups is 2. The lowest BCUT2D eigenvalue weighted by atomic mass is 10.1. The van der Waals surface area contributed by atoms with E-state index in [1.807, 2.05) is 30.3 Å². The smallest absolute Gasteiger partial charge is 0.264 e. The zero-order valence-electron chi connectivity index (χ0n) is 23.7. The quantitative estimate of drug-likeness (QED) is 0.243. The number of ether oxygens (including phenoxy) is 2. The van der Waals surface area contributed by atoms with Crippen molar-refractivity contribution in [2.45, 2.75) is 30.4 Å². The Hall–Kier alpha value is -4.67. The number of para-hydroxylation sites is 2. The second kappa shape index (κ2) is 13.5. The summed E-state index contributed by atoms with van der Waals surface area (Å²) in [6.45, 7) is 1.05. The molecule has 5 rings (SSSR count). The number of methoxy groups -OCH3 is 1. The summed E-state index contributed by atoms with van der Waals surface area (Å²) in [4.78, 5) is 26.9. The van der Waals surface area contributed by atoms with Gasteiger partial charge in [-0.05, 0) is 66.9 Å². The van der Waals surface area contributed by atoms with Gasteiger partial charge in [-0.25, -0.2) is 8.42 Å². The second-order valence-corrected chi connectivity index (χ2v) is 11.9. The highest BCUT2D eigenvalue weighted by atomic mass is 32.2. The van der Waals surface area contributed by atoms with Crippen LogP contribution < -0.4 is 19.7 Å². The van der Waals surface area contributed by atoms with Crippen molar-refractivity contribution in [2.24, 2.45) is 0 Å². The molecule has 0 bridgehead atoms. The van der Waals surface area contributed by atoms with Crippen molar-refractivity contribution in [3.05, 3.63) is 120 Å². The minimum absolute atomic E-state index is 0.0122. The standard InChI is InChI=1S/C33H33N3O6S/c1-41-25-17-19-27(20-18-25)43(39,40)36(23-24-10-3-2-4-11-24)31-16-8-6-14-29(31)33(38)35-30-15-7-5-13-28(30)32(37)34-22-26-12-9-21-42-26/h2-8,10-11,13-20,26H,9,12,21-23H2,1H3,(H,34,37)(H,35,38)/t26-/m1/s1. The number of amides is 2. The van der Waals surface area contributed by atoms with Crippen molar-refractivity contribution < 1.29 is 27.5 Å². The van der Waals surface area contributed by atoms with Gasteiger partial charge >= 0.3 is 0 Å². The Kier molecular flexibility index (Phi) is 9.38. The highest BCUT2D eigenvalue weighted by molar-refractivity contribution is 7.92. The van der Waals surface area contributed by atoms with Crippen molar-refractivity contribution in [3.8, 4) is 5.75 Å². The maximum Gasteiger partial charge on any atom is 0.264 e. The molecule has 43 heavy (non-hydrogen) atoms. The average Bonchev–Trinajstić information content (AvgIpc) is 3.57. The number of anilines is 2. The first-order valence-electron chi connectivity index (χ1n) is 14.0. The third kappa shape index (κ3) is 7.04. The number of carbonyl (C=O) groups excluding carboxylic acids is 2. The van der Waals surface area contributed by atoms with Crippen LogP contribution in [0, 0.1) is 0 Å². The third-order valence-corrected chi connectivity index (χ3v) is 8.94. The van der Waals surface area contributed by atoms with E-state index in [4.69, 9.17) is 9.47 Å². The fourth-order valence-electron chi connectivity index (χ4n) is 4.89. The molecular weight excluding hydrogens is 566 g/mol. The molecule has 1 aliphatic rings. The minimum Gasteiger partial charge on any atom is -0.497 e. The zero-order chi connectivity index (χ0) is 30.2. The Morgan fingerprint density at radius 2 is 1.53 bits per heavy atom. The van der Waals surface area contributed by atoms with Gasteiger partial charge in [-0.15, -0.1) is 0 Å². The highest BCUT2D eigenvalue weighted by Crippen LogP contribution is 2.31. The summed E-state index contributed by atoms with van der Waals surface area (Å²) in [6.07, 6.45) is 1.82. The van der Waals surface area contributed by atoms with Gasteiger partial charge in [0.25, 0.3) is 21.8 Å². The van der Waals surface area contributed by atoms with Crippen LogP contribution in [0.1, 0.15) is 39.1 Å². The van der Waals surface area contributed by atoms with Gasteiger partial charge in [-0.1, -0.05) is 54.6 Å². The first kappa shape index (κ1) is 29.8. The van der Waals surface area contributed by atoms with Gasteiger partial charge in [0.05, 0.1) is 47.2 Å². The molecule has 1 aliphatic heterocycles. The van der Waals surface area contributed by atoms with E-state index < -0.39 is 15.9 Å². The Labute approximate surface area is 251 Å². The SMILES string of the molecule is COc1ccc(S(=O)(=O)N(Cc2ccccc2)c2ccccc2C(=O)Nc2ccccc2C(=O)NC[C@H]2CCCO2)cc1. The van der Waals surface area contributed by atoms with Gasteiger partial charge in [-0.2, -0.15) is 0 Å². The predicted octanol–water partition coefficient (Wildman–Crippen LogP) is 5.25. The molecule has 9 nitrogen and oxygen atoms in total. The van der Waals surface area contributed by atoms with Crippen molar-refractivity contribution in [2.75, 3.05) is 29.9 Å². The van der Waals surface area contributed by atoms with Crippen molar-refractivity contribution in [3.63, 3.8) is 0 Å². The largest absolute Gasteiger partial charge is 0.497 e. The number of hydrogen-bond acceptors (Lipinski definition) is 6. The monoisotopic (exact) mass is 599 g/mol. The molecule has 2 N–H and O–H groups in total. The number of nitrogens with zero attached hydrogens (tertiary/aromatic N) is 1. The lowest BCUT2D eigenvalue weighted by Crippen LogP contribution is -2.33. The Morgan fingerprint density at radius 1 is 0.860 bits per heavy atom. The molecule has 10 heteroatoms. The Bertz CT molecular complexity index is 1670. The lowest BCUT2D eigenvalue weighted by molar-refractivity contribution is 0.0858. The summed E-state index contributed by atoms with van der Waals surface area (Å²) in [7, 11) is -2.62. The summed E-state index contributed by atoms with van der Waals surface area (Å²) in [6, 6.07) is 28.4. The van der Waals surface area contributed by atoms with Crippen LogP contribution in [-0.4, -0.2) is 46.6 Å². The fraction of sp³-hybridized carbons (Fsp3) is 0.212. The molecule has 222 valence electrons. The van der Waals surface area contributed by atoms with Crippen LogP contribution in [0.15, 0.2) is 108 Å². The summed E-state index contributed by atoms with van der Waals surface area (Å²) in [5.41, 5.74) is 1.66. The van der Waals surface area contributed by atoms with E-state index in [0.29, 0.717) is 30.2 Å². The predicted molar refractivity (Wildman–Crippen MR) is 165 cm³/mol. The molecule has 4 aromatic carbocycles. The van der Waals surface area contributed by atoms with Crippen LogP contribution >= 0.6 is 0 Å². The van der Waals surface area contributed by atoms with E-state index in [0.717, 1.165) is 18.4 Å². The van der Waals surface area contributed by atoms with Gasteiger partial charge in [0.1, 0.15) is 5.75 Å². The lowest BCUT2D eigenvalue weighted by Gasteiger charge is -2.27. The molecule has 0 saturated carbocycles. The Morgan fingerprint density at radius 3 is 2.23 bits per heavy atom. The molecular formula is C33H33N3O6S. The molecule has 0 radical (unpaired) electrons. The van der Waals surface area contributed by atoms with Crippen molar-refractivity contribution >= 4 is 33.2 Å². The van der Waals surface area contributed by atoms with Gasteiger partial charge in [0.2, 0.25) is 0 Å². The normalized spacial score (nSPS) is 14.6. The molecule has 1 fully saturated rings. The van der Waals surface area contributed by atoms with Gasteiger partial charge < -0.3 is 20.1 Å². The van der Waals surface area contributed by atoms with E-state index in [1.165, 1.54) is 23.5 Å². The number of rotatable bonds is 11. The molecule has 0 spiro atoms. The maximum atomic E-state index is 14.1. The summed E-state index contributed by atoms with van der Waals surface area (Å²) in [5, 5.41) is 5.72. The van der Waals surface area contributed by atoms with E-state index >= 15 is 0 Å². The van der Waals surface area contributed by atoms with Crippen LogP contribution in [0.3, 0.4) is 0 Å². The zero-order valence-corrected chi connectivity index (χ0v) is 24.5. The third-order valence-electron chi connectivity index (χ3n) is 7.17. The molecule has 4 aromatic rings. The number of sulfonamides is 1.